The summed E-state index contributed by atoms with van der Waals surface area (Å²) in [7, 11) is -1.80. The quantitative estimate of drug-likeness (QED) is 0.448. The highest BCUT2D eigenvalue weighted by Crippen LogP contribution is 2.22. The van der Waals surface area contributed by atoms with Gasteiger partial charge in [-0.15, -0.1) is 4.52 Å². The van der Waals surface area contributed by atoms with E-state index in [2.05, 4.69) is 0 Å². The first-order valence-corrected chi connectivity index (χ1v) is 5.70. The number of rotatable bonds is 4. The van der Waals surface area contributed by atoms with Gasteiger partial charge in [-0.1, -0.05) is 0 Å². The van der Waals surface area contributed by atoms with E-state index in [0.717, 1.165) is 0 Å². The van der Waals surface area contributed by atoms with E-state index in [9.17, 15) is 9.36 Å². The fraction of sp³-hybridized carbons (Fsp3) is 0.300. The van der Waals surface area contributed by atoms with Crippen molar-refractivity contribution in [2.75, 3.05) is 6.61 Å². The molecule has 0 aliphatic carbocycles. The third-order valence-corrected chi connectivity index (χ3v) is 2.77. The Morgan fingerprint density at radius 3 is 2.40 bits per heavy atom. The minimum Gasteiger partial charge on any atom is -0.427 e. The molecule has 0 aromatic heterocycles. The summed E-state index contributed by atoms with van der Waals surface area (Å²) in [6.45, 7) is 3.51. The van der Waals surface area contributed by atoms with Gasteiger partial charge in [0.05, 0.1) is 0 Å². The SMILES string of the molecule is CCO[P+](=O)c1ccc(OC(C)=O)cc1. The molecule has 1 unspecified atom stereocenters. The molecule has 1 atom stereocenters. The zero-order valence-electron chi connectivity index (χ0n) is 8.60. The molecule has 0 amide bonds. The van der Waals surface area contributed by atoms with Crippen LogP contribution < -0.4 is 10.0 Å². The average Bonchev–Trinajstić information content (AvgIpc) is 2.18. The maximum atomic E-state index is 11.4. The van der Waals surface area contributed by atoms with E-state index < -0.39 is 8.03 Å². The van der Waals surface area contributed by atoms with Crippen LogP contribution >= 0.6 is 8.03 Å². The number of carbonyl (C=O) groups excluding carboxylic acids is 1. The van der Waals surface area contributed by atoms with Gasteiger partial charge < -0.3 is 4.74 Å². The largest absolute Gasteiger partial charge is 0.548 e. The van der Waals surface area contributed by atoms with Crippen LogP contribution in [-0.4, -0.2) is 12.6 Å². The van der Waals surface area contributed by atoms with Crippen molar-refractivity contribution >= 4 is 19.3 Å². The fourth-order valence-corrected chi connectivity index (χ4v) is 1.77. The summed E-state index contributed by atoms with van der Waals surface area (Å²) in [5.74, 6) is 0.0584. The van der Waals surface area contributed by atoms with Crippen molar-refractivity contribution in [3.8, 4) is 5.75 Å². The van der Waals surface area contributed by atoms with E-state index in [0.29, 0.717) is 17.7 Å². The monoisotopic (exact) mass is 227 g/mol. The first kappa shape index (κ1) is 11.8. The van der Waals surface area contributed by atoms with Crippen LogP contribution in [0.4, 0.5) is 0 Å². The predicted molar refractivity (Wildman–Crippen MR) is 56.6 cm³/mol. The van der Waals surface area contributed by atoms with Crippen LogP contribution in [0.25, 0.3) is 0 Å². The molecule has 1 aromatic carbocycles. The molecule has 0 radical (unpaired) electrons. The predicted octanol–water partition coefficient (Wildman–Crippen LogP) is 2.02. The number of carbonyl (C=O) groups is 1. The number of benzene rings is 1. The first-order chi connectivity index (χ1) is 7.13. The lowest BCUT2D eigenvalue weighted by atomic mass is 10.3. The van der Waals surface area contributed by atoms with Crippen molar-refractivity contribution in [3.63, 3.8) is 0 Å². The van der Waals surface area contributed by atoms with Gasteiger partial charge in [0.15, 0.2) is 0 Å². The maximum Gasteiger partial charge on any atom is 0.548 e. The molecule has 0 aliphatic heterocycles. The van der Waals surface area contributed by atoms with Crippen LogP contribution in [-0.2, 0) is 13.9 Å². The zero-order valence-corrected chi connectivity index (χ0v) is 9.49. The summed E-state index contributed by atoms with van der Waals surface area (Å²) in [6, 6.07) is 6.41. The van der Waals surface area contributed by atoms with Gasteiger partial charge in [0, 0.05) is 6.92 Å². The van der Waals surface area contributed by atoms with E-state index in [1.165, 1.54) is 6.92 Å². The van der Waals surface area contributed by atoms with Crippen molar-refractivity contribution in [1.29, 1.82) is 0 Å². The molecule has 0 heterocycles. The average molecular weight is 227 g/mol. The zero-order chi connectivity index (χ0) is 11.3. The summed E-state index contributed by atoms with van der Waals surface area (Å²) in [6.07, 6.45) is 0. The third kappa shape index (κ3) is 3.78. The molecule has 0 N–H and O–H groups in total. The van der Waals surface area contributed by atoms with E-state index in [-0.39, 0.29) is 5.97 Å². The van der Waals surface area contributed by atoms with Crippen molar-refractivity contribution in [1.82, 2.24) is 0 Å². The lowest BCUT2D eigenvalue weighted by Gasteiger charge is -1.98. The molecule has 0 spiro atoms. The van der Waals surface area contributed by atoms with Gasteiger partial charge in [-0.25, -0.2) is 0 Å². The Labute approximate surface area is 89.1 Å². The highest BCUT2D eigenvalue weighted by molar-refractivity contribution is 7.48. The van der Waals surface area contributed by atoms with Crippen LogP contribution in [0.2, 0.25) is 0 Å². The van der Waals surface area contributed by atoms with E-state index in [1.54, 1.807) is 31.2 Å². The summed E-state index contributed by atoms with van der Waals surface area (Å²) in [5.41, 5.74) is 0. The number of esters is 1. The lowest BCUT2D eigenvalue weighted by Crippen LogP contribution is -2.03. The Balaban J connectivity index is 2.71. The molecule has 80 valence electrons. The molecule has 5 heteroatoms. The lowest BCUT2D eigenvalue weighted by molar-refractivity contribution is -0.131. The van der Waals surface area contributed by atoms with Gasteiger partial charge in [-0.2, -0.15) is 0 Å². The molecule has 1 rings (SSSR count). The molecule has 4 nitrogen and oxygen atoms in total. The number of hydrogen-bond donors (Lipinski definition) is 0. The summed E-state index contributed by atoms with van der Waals surface area (Å²) in [4.78, 5) is 10.6. The molecule has 0 saturated heterocycles. The topological polar surface area (TPSA) is 52.6 Å². The normalized spacial score (nSPS) is 10.9. The smallest absolute Gasteiger partial charge is 0.427 e. The van der Waals surface area contributed by atoms with Crippen molar-refractivity contribution in [3.05, 3.63) is 24.3 Å². The highest BCUT2D eigenvalue weighted by atomic mass is 31.1. The second kappa shape index (κ2) is 5.59. The summed E-state index contributed by atoms with van der Waals surface area (Å²) < 4.78 is 21.2. The van der Waals surface area contributed by atoms with E-state index >= 15 is 0 Å². The minimum atomic E-state index is -1.80. The Bertz CT molecular complexity index is 358. The second-order valence-corrected chi connectivity index (χ2v) is 4.05. The summed E-state index contributed by atoms with van der Waals surface area (Å²) >= 11 is 0. The van der Waals surface area contributed by atoms with Gasteiger partial charge in [0.1, 0.15) is 12.4 Å². The molecular weight excluding hydrogens is 215 g/mol. The van der Waals surface area contributed by atoms with Gasteiger partial charge in [-0.05, 0) is 35.8 Å². The van der Waals surface area contributed by atoms with Crippen LogP contribution in [0, 0.1) is 0 Å². The Hall–Kier alpha value is -1.25. The van der Waals surface area contributed by atoms with E-state index in [1.807, 2.05) is 0 Å². The number of hydrogen-bond acceptors (Lipinski definition) is 4. The van der Waals surface area contributed by atoms with Crippen LogP contribution in [0.1, 0.15) is 13.8 Å². The third-order valence-electron chi connectivity index (χ3n) is 1.56. The standard InChI is InChI=1S/C10H12O4P/c1-3-13-15(12)10-6-4-9(5-7-10)14-8(2)11/h4-7H,3H2,1-2H3/q+1. The van der Waals surface area contributed by atoms with Gasteiger partial charge >= 0.3 is 14.0 Å². The Morgan fingerprint density at radius 2 is 1.93 bits per heavy atom. The van der Waals surface area contributed by atoms with Crippen molar-refractivity contribution in [2.45, 2.75) is 13.8 Å². The molecule has 15 heavy (non-hydrogen) atoms. The molecule has 1 aromatic rings. The van der Waals surface area contributed by atoms with Gasteiger partial charge in [0.25, 0.3) is 0 Å². The Kier molecular flexibility index (Phi) is 4.40. The summed E-state index contributed by atoms with van der Waals surface area (Å²) in [5, 5.41) is 0.586. The molecule has 0 bridgehead atoms. The van der Waals surface area contributed by atoms with E-state index in [4.69, 9.17) is 9.26 Å². The van der Waals surface area contributed by atoms with Crippen LogP contribution in [0.5, 0.6) is 5.75 Å². The fourth-order valence-electron chi connectivity index (χ4n) is 0.994. The first-order valence-electron chi connectivity index (χ1n) is 4.52. The van der Waals surface area contributed by atoms with Crippen LogP contribution in [0.15, 0.2) is 24.3 Å². The van der Waals surface area contributed by atoms with Crippen molar-refractivity contribution in [2.24, 2.45) is 0 Å². The minimum absolute atomic E-state index is 0.378. The molecular formula is C10H12O4P+. The van der Waals surface area contributed by atoms with Crippen LogP contribution in [0.3, 0.4) is 0 Å². The van der Waals surface area contributed by atoms with Gasteiger partial charge in [-0.3, -0.25) is 4.79 Å². The molecule has 0 saturated carbocycles. The van der Waals surface area contributed by atoms with Gasteiger partial charge in [0.2, 0.25) is 5.30 Å². The second-order valence-electron chi connectivity index (χ2n) is 2.76. The number of ether oxygens (including phenoxy) is 1. The molecule has 0 fully saturated rings. The van der Waals surface area contributed by atoms with Crippen molar-refractivity contribution < 1.29 is 18.6 Å². The Morgan fingerprint density at radius 1 is 1.33 bits per heavy atom. The highest BCUT2D eigenvalue weighted by Gasteiger charge is 2.20. The maximum absolute atomic E-state index is 11.4. The molecule has 0 aliphatic rings.